The maximum atomic E-state index is 13.4. The minimum atomic E-state index is -3.69. The summed E-state index contributed by atoms with van der Waals surface area (Å²) in [6, 6.07) is 9.34. The molecule has 6 nitrogen and oxygen atoms in total. The Kier molecular flexibility index (Phi) is 3.73. The monoisotopic (exact) mass is 359 g/mol. The van der Waals surface area contributed by atoms with Gasteiger partial charge in [0.2, 0.25) is 10.0 Å². The first-order chi connectivity index (χ1) is 11.9. The van der Waals surface area contributed by atoms with Crippen molar-refractivity contribution >= 4 is 15.9 Å². The van der Waals surface area contributed by atoms with Gasteiger partial charge in [0.05, 0.1) is 6.04 Å². The van der Waals surface area contributed by atoms with Crippen molar-refractivity contribution in [2.45, 2.75) is 42.7 Å². The number of sulfonamides is 1. The highest BCUT2D eigenvalue weighted by Gasteiger charge is 2.45. The van der Waals surface area contributed by atoms with E-state index < -0.39 is 15.9 Å². The SMILES string of the molecule is Cn1cc(S(=O)(=O)N(C2CC2)[C@@H]2CCc3ccccc32)cc1C(N)=O. The van der Waals surface area contributed by atoms with Gasteiger partial charge in [0.15, 0.2) is 0 Å². The van der Waals surface area contributed by atoms with E-state index >= 15 is 0 Å². The first-order valence-electron chi connectivity index (χ1n) is 8.47. The number of nitrogens with zero attached hydrogens (tertiary/aromatic N) is 2. The normalized spacial score (nSPS) is 20.0. The lowest BCUT2D eigenvalue weighted by Crippen LogP contribution is -2.35. The number of carbonyl (C=O) groups excluding carboxylic acids is 1. The average molecular weight is 359 g/mol. The molecular formula is C18H21N3O3S. The van der Waals surface area contributed by atoms with E-state index in [1.54, 1.807) is 11.4 Å². The minimum Gasteiger partial charge on any atom is -0.364 e. The van der Waals surface area contributed by atoms with Crippen LogP contribution in [-0.4, -0.2) is 29.2 Å². The van der Waals surface area contributed by atoms with Gasteiger partial charge in [0.25, 0.3) is 5.91 Å². The van der Waals surface area contributed by atoms with E-state index in [2.05, 4.69) is 6.07 Å². The van der Waals surface area contributed by atoms with Gasteiger partial charge in [-0.1, -0.05) is 24.3 Å². The Labute approximate surface area is 147 Å². The van der Waals surface area contributed by atoms with Crippen LogP contribution in [0.2, 0.25) is 0 Å². The standard InChI is InChI=1S/C18H21N3O3S/c1-20-11-14(10-17(20)18(19)22)25(23,24)21(13-7-8-13)16-9-6-12-4-2-3-5-15(12)16/h2-5,10-11,13,16H,6-9H2,1H3,(H2,19,22)/t16-/m1/s1. The number of carbonyl (C=O) groups is 1. The van der Waals surface area contributed by atoms with Crippen molar-refractivity contribution in [3.8, 4) is 0 Å². The third-order valence-corrected chi connectivity index (χ3v) is 7.05. The molecule has 132 valence electrons. The maximum absolute atomic E-state index is 13.4. The van der Waals surface area contributed by atoms with Gasteiger partial charge in [-0.3, -0.25) is 4.79 Å². The largest absolute Gasteiger partial charge is 0.364 e. The van der Waals surface area contributed by atoms with Crippen molar-refractivity contribution in [2.75, 3.05) is 0 Å². The van der Waals surface area contributed by atoms with Crippen LogP contribution in [0.25, 0.3) is 0 Å². The lowest BCUT2D eigenvalue weighted by molar-refractivity contribution is 0.0992. The molecule has 0 radical (unpaired) electrons. The van der Waals surface area contributed by atoms with Gasteiger partial charge in [-0.05, 0) is 42.9 Å². The van der Waals surface area contributed by atoms with E-state index in [1.807, 2.05) is 18.2 Å². The second-order valence-electron chi connectivity index (χ2n) is 6.86. The zero-order valence-electron chi connectivity index (χ0n) is 14.1. The Hall–Kier alpha value is -2.12. The molecule has 0 saturated heterocycles. The molecule has 0 bridgehead atoms. The number of hydrogen-bond donors (Lipinski definition) is 1. The van der Waals surface area contributed by atoms with Crippen molar-refractivity contribution in [1.82, 2.24) is 8.87 Å². The first kappa shape index (κ1) is 16.4. The highest BCUT2D eigenvalue weighted by Crippen LogP contribution is 2.45. The number of amides is 1. The van der Waals surface area contributed by atoms with E-state index in [0.717, 1.165) is 31.2 Å². The summed E-state index contributed by atoms with van der Waals surface area (Å²) in [7, 11) is -2.06. The molecule has 1 amide bonds. The Balaban J connectivity index is 1.77. The fourth-order valence-electron chi connectivity index (χ4n) is 3.79. The highest BCUT2D eigenvalue weighted by atomic mass is 32.2. The van der Waals surface area contributed by atoms with Crippen LogP contribution in [0.4, 0.5) is 0 Å². The van der Waals surface area contributed by atoms with Crippen LogP contribution in [0.15, 0.2) is 41.4 Å². The van der Waals surface area contributed by atoms with Gasteiger partial charge < -0.3 is 10.3 Å². The van der Waals surface area contributed by atoms with Gasteiger partial charge in [-0.25, -0.2) is 8.42 Å². The molecule has 2 N–H and O–H groups in total. The summed E-state index contributed by atoms with van der Waals surface area (Å²) in [4.78, 5) is 11.6. The predicted octanol–water partition coefficient (Wildman–Crippen LogP) is 1.96. The van der Waals surface area contributed by atoms with Crippen molar-refractivity contribution in [3.63, 3.8) is 0 Å². The molecule has 25 heavy (non-hydrogen) atoms. The molecule has 4 rings (SSSR count). The highest BCUT2D eigenvalue weighted by molar-refractivity contribution is 7.89. The maximum Gasteiger partial charge on any atom is 0.265 e. The van der Waals surface area contributed by atoms with Gasteiger partial charge in [0.1, 0.15) is 10.6 Å². The second-order valence-corrected chi connectivity index (χ2v) is 8.70. The van der Waals surface area contributed by atoms with E-state index in [1.165, 1.54) is 22.4 Å². The zero-order valence-corrected chi connectivity index (χ0v) is 14.9. The van der Waals surface area contributed by atoms with Crippen LogP contribution in [0.5, 0.6) is 0 Å². The summed E-state index contributed by atoms with van der Waals surface area (Å²) in [5.74, 6) is -0.631. The molecule has 2 aliphatic carbocycles. The molecule has 1 aromatic heterocycles. The molecule has 7 heteroatoms. The Morgan fingerprint density at radius 1 is 1.24 bits per heavy atom. The molecule has 1 heterocycles. The topological polar surface area (TPSA) is 85.4 Å². The van der Waals surface area contributed by atoms with Crippen LogP contribution in [0, 0.1) is 0 Å². The number of aromatic nitrogens is 1. The fourth-order valence-corrected chi connectivity index (χ4v) is 5.74. The number of hydrogen-bond acceptors (Lipinski definition) is 3. The average Bonchev–Trinajstić information content (AvgIpc) is 3.16. The summed E-state index contributed by atoms with van der Waals surface area (Å²) in [5, 5.41) is 0. The van der Waals surface area contributed by atoms with Crippen LogP contribution >= 0.6 is 0 Å². The number of primary amides is 1. The minimum absolute atomic E-state index is 0.0402. The van der Waals surface area contributed by atoms with Crippen LogP contribution in [0.1, 0.15) is 46.9 Å². The first-order valence-corrected chi connectivity index (χ1v) is 9.91. The summed E-state index contributed by atoms with van der Waals surface area (Å²) >= 11 is 0. The summed E-state index contributed by atoms with van der Waals surface area (Å²) < 4.78 is 29.9. The predicted molar refractivity (Wildman–Crippen MR) is 93.5 cm³/mol. The lowest BCUT2D eigenvalue weighted by Gasteiger charge is -2.28. The van der Waals surface area contributed by atoms with Gasteiger partial charge in [0, 0.05) is 19.3 Å². The molecule has 1 fully saturated rings. The van der Waals surface area contributed by atoms with Crippen LogP contribution in [-0.2, 0) is 23.5 Å². The van der Waals surface area contributed by atoms with Gasteiger partial charge >= 0.3 is 0 Å². The van der Waals surface area contributed by atoms with Gasteiger partial charge in [-0.15, -0.1) is 0 Å². The zero-order chi connectivity index (χ0) is 17.8. The number of benzene rings is 1. The van der Waals surface area contributed by atoms with E-state index in [0.29, 0.717) is 0 Å². The van der Waals surface area contributed by atoms with Crippen molar-refractivity contribution in [2.24, 2.45) is 12.8 Å². The third-order valence-electron chi connectivity index (χ3n) is 5.12. The van der Waals surface area contributed by atoms with E-state index in [9.17, 15) is 13.2 Å². The Morgan fingerprint density at radius 2 is 1.96 bits per heavy atom. The second kappa shape index (κ2) is 5.71. The number of nitrogens with two attached hydrogens (primary N) is 1. The quantitative estimate of drug-likeness (QED) is 0.885. The Bertz CT molecular complexity index is 944. The van der Waals surface area contributed by atoms with Crippen LogP contribution < -0.4 is 5.73 Å². The van der Waals surface area contributed by atoms with Gasteiger partial charge in [-0.2, -0.15) is 4.31 Å². The molecule has 0 spiro atoms. The van der Waals surface area contributed by atoms with Crippen molar-refractivity contribution < 1.29 is 13.2 Å². The Morgan fingerprint density at radius 3 is 2.60 bits per heavy atom. The summed E-state index contributed by atoms with van der Waals surface area (Å²) in [6.45, 7) is 0. The number of rotatable bonds is 5. The summed E-state index contributed by atoms with van der Waals surface area (Å²) in [6.07, 6.45) is 4.93. The molecule has 0 aliphatic heterocycles. The molecule has 1 aromatic carbocycles. The third kappa shape index (κ3) is 2.67. The number of fused-ring (bicyclic) bond motifs is 1. The smallest absolute Gasteiger partial charge is 0.265 e. The summed E-state index contributed by atoms with van der Waals surface area (Å²) in [5.41, 5.74) is 7.85. The molecule has 0 unspecified atom stereocenters. The number of aryl methyl sites for hydroxylation is 2. The lowest BCUT2D eigenvalue weighted by atomic mass is 10.1. The molecule has 1 saturated carbocycles. The van der Waals surface area contributed by atoms with E-state index in [4.69, 9.17) is 5.73 Å². The van der Waals surface area contributed by atoms with E-state index in [-0.39, 0.29) is 22.7 Å². The fraction of sp³-hybridized carbons (Fsp3) is 0.389. The van der Waals surface area contributed by atoms with Crippen molar-refractivity contribution in [1.29, 1.82) is 0 Å². The molecule has 1 atom stereocenters. The van der Waals surface area contributed by atoms with Crippen molar-refractivity contribution in [3.05, 3.63) is 53.3 Å². The molecular weight excluding hydrogens is 338 g/mol. The van der Waals surface area contributed by atoms with Crippen LogP contribution in [0.3, 0.4) is 0 Å². The molecule has 2 aliphatic rings. The molecule has 2 aromatic rings.